The van der Waals surface area contributed by atoms with Gasteiger partial charge in [-0.3, -0.25) is 19.2 Å². The van der Waals surface area contributed by atoms with Crippen LogP contribution in [0.15, 0.2) is 0 Å². The average molecular weight is 332 g/mol. The van der Waals surface area contributed by atoms with E-state index in [-0.39, 0.29) is 0 Å². The lowest BCUT2D eigenvalue weighted by Gasteiger charge is -2.59. The largest absolute Gasteiger partial charge is 0.376 e. The molecule has 1 saturated heterocycles. The fraction of sp³-hybridized carbons (Fsp3) is 0.714. The summed E-state index contributed by atoms with van der Waals surface area (Å²) in [6.07, 6.45) is -1.79. The molecule has 130 valence electrons. The number of ether oxygens (including phenoxy) is 1. The van der Waals surface area contributed by atoms with E-state index in [9.17, 15) is 39.6 Å². The van der Waals surface area contributed by atoms with Crippen LogP contribution in [0.5, 0.6) is 0 Å². The summed E-state index contributed by atoms with van der Waals surface area (Å²) in [7, 11) is 0. The third-order valence-electron chi connectivity index (χ3n) is 4.53. The van der Waals surface area contributed by atoms with Crippen molar-refractivity contribution in [2.75, 3.05) is 0 Å². The Labute approximate surface area is 131 Å². The Morgan fingerprint density at radius 3 is 1.39 bits per heavy atom. The number of ketones is 4. The van der Waals surface area contributed by atoms with Crippen LogP contribution >= 0.6 is 0 Å². The summed E-state index contributed by atoms with van der Waals surface area (Å²) in [6, 6.07) is 0. The van der Waals surface area contributed by atoms with E-state index < -0.39 is 51.8 Å². The Balaban J connectivity index is 4.01. The number of carbonyl (C=O) groups excluding carboxylic acids is 4. The van der Waals surface area contributed by atoms with E-state index in [0.29, 0.717) is 13.8 Å². The Bertz CT molecular complexity index is 599. The van der Waals surface area contributed by atoms with Crippen molar-refractivity contribution in [3.05, 3.63) is 0 Å². The first kappa shape index (κ1) is 19.5. The van der Waals surface area contributed by atoms with Crippen LogP contribution in [0.3, 0.4) is 0 Å². The van der Waals surface area contributed by atoms with Crippen LogP contribution < -0.4 is 0 Å². The molecule has 0 unspecified atom stereocenters. The molecule has 1 aliphatic rings. The highest BCUT2D eigenvalue weighted by atomic mass is 16.7. The molecule has 0 spiro atoms. The van der Waals surface area contributed by atoms with Crippen LogP contribution in [-0.2, 0) is 23.9 Å². The first-order chi connectivity index (χ1) is 10.2. The summed E-state index contributed by atoms with van der Waals surface area (Å²) in [5.41, 5.74) is -10.2. The van der Waals surface area contributed by atoms with Gasteiger partial charge >= 0.3 is 0 Å². The van der Waals surface area contributed by atoms with Gasteiger partial charge in [-0.25, -0.2) is 0 Å². The van der Waals surface area contributed by atoms with E-state index in [1.165, 1.54) is 0 Å². The molecular weight excluding hydrogens is 312 g/mol. The molecule has 9 heteroatoms. The Morgan fingerprint density at radius 1 is 0.739 bits per heavy atom. The fourth-order valence-electron chi connectivity index (χ4n) is 3.14. The molecule has 1 rings (SSSR count). The first-order valence-corrected chi connectivity index (χ1v) is 6.77. The maximum absolute atomic E-state index is 12.1. The number of hydrogen-bond donors (Lipinski definition) is 4. The van der Waals surface area contributed by atoms with Crippen LogP contribution in [0.2, 0.25) is 0 Å². The van der Waals surface area contributed by atoms with E-state index in [2.05, 4.69) is 0 Å². The Morgan fingerprint density at radius 2 is 1.13 bits per heavy atom. The zero-order chi connectivity index (χ0) is 18.6. The molecule has 1 fully saturated rings. The Kier molecular flexibility index (Phi) is 4.46. The van der Waals surface area contributed by atoms with Gasteiger partial charge in [0.25, 0.3) is 5.79 Å². The minimum Gasteiger partial charge on any atom is -0.376 e. The summed E-state index contributed by atoms with van der Waals surface area (Å²) in [6.45, 7) is 3.91. The Hall–Kier alpha value is -1.52. The van der Waals surface area contributed by atoms with Crippen LogP contribution in [0.4, 0.5) is 0 Å². The predicted molar refractivity (Wildman–Crippen MR) is 73.1 cm³/mol. The second kappa shape index (κ2) is 5.25. The predicted octanol–water partition coefficient (Wildman–Crippen LogP) is -2.36. The lowest BCUT2D eigenvalue weighted by molar-refractivity contribution is -0.385. The van der Waals surface area contributed by atoms with Gasteiger partial charge in [0.1, 0.15) is 0 Å². The van der Waals surface area contributed by atoms with Crippen LogP contribution in [-0.4, -0.2) is 72.3 Å². The second-order valence-corrected chi connectivity index (χ2v) is 5.82. The molecule has 0 aromatic heterocycles. The molecule has 0 aromatic rings. The molecular formula is C14H20O9. The van der Waals surface area contributed by atoms with Gasteiger partial charge in [0.15, 0.2) is 28.7 Å². The van der Waals surface area contributed by atoms with E-state index in [1.807, 2.05) is 0 Å². The quantitative estimate of drug-likeness (QED) is 0.442. The highest BCUT2D eigenvalue weighted by molar-refractivity contribution is 6.08. The molecule has 0 amide bonds. The smallest absolute Gasteiger partial charge is 0.267 e. The highest BCUT2D eigenvalue weighted by Crippen LogP contribution is 2.50. The number of Topliss-reactive ketones (excluding diaryl/α,β-unsaturated/α-hetero) is 4. The monoisotopic (exact) mass is 332 g/mol. The molecule has 1 heterocycles. The van der Waals surface area contributed by atoms with Crippen molar-refractivity contribution in [2.45, 2.75) is 63.3 Å². The minimum atomic E-state index is -3.59. The van der Waals surface area contributed by atoms with Gasteiger partial charge in [-0.15, -0.1) is 0 Å². The average Bonchev–Trinajstić information content (AvgIpc) is 2.41. The number of carbonyl (C=O) groups is 4. The van der Waals surface area contributed by atoms with Crippen molar-refractivity contribution in [3.63, 3.8) is 0 Å². The van der Waals surface area contributed by atoms with Gasteiger partial charge in [0.2, 0.25) is 11.2 Å². The standard InChI is InChI=1S/C14H20O9/c1-6(15)11(19)10(5)23-14(22,9(4)18)13(21,8(3)17)12(11,20)7(2)16/h10,19-22H,1-5H3/t10-,11-,12+,13-,14+/m1/s1. The molecule has 1 aliphatic heterocycles. The van der Waals surface area contributed by atoms with Crippen molar-refractivity contribution in [3.8, 4) is 0 Å². The van der Waals surface area contributed by atoms with Gasteiger partial charge in [-0.2, -0.15) is 0 Å². The zero-order valence-electron chi connectivity index (χ0n) is 13.4. The molecule has 4 N–H and O–H groups in total. The van der Waals surface area contributed by atoms with Crippen molar-refractivity contribution in [1.82, 2.24) is 0 Å². The van der Waals surface area contributed by atoms with Crippen molar-refractivity contribution in [2.24, 2.45) is 0 Å². The van der Waals surface area contributed by atoms with Gasteiger partial charge in [0, 0.05) is 6.92 Å². The van der Waals surface area contributed by atoms with E-state index in [4.69, 9.17) is 4.74 Å². The maximum Gasteiger partial charge on any atom is 0.267 e. The number of hydrogen-bond acceptors (Lipinski definition) is 9. The lowest BCUT2D eigenvalue weighted by Crippen LogP contribution is -2.90. The minimum absolute atomic E-state index is 0.668. The number of aliphatic hydroxyl groups is 4. The topological polar surface area (TPSA) is 158 Å². The van der Waals surface area contributed by atoms with Crippen molar-refractivity contribution >= 4 is 23.1 Å². The number of rotatable bonds is 4. The van der Waals surface area contributed by atoms with Crippen molar-refractivity contribution < 1.29 is 44.3 Å². The van der Waals surface area contributed by atoms with E-state index in [1.54, 1.807) is 0 Å². The van der Waals surface area contributed by atoms with Gasteiger partial charge < -0.3 is 25.2 Å². The van der Waals surface area contributed by atoms with Gasteiger partial charge in [0.05, 0.1) is 6.10 Å². The molecule has 0 saturated carbocycles. The molecule has 5 atom stereocenters. The third-order valence-corrected chi connectivity index (χ3v) is 4.53. The van der Waals surface area contributed by atoms with E-state index in [0.717, 1.165) is 20.8 Å². The molecule has 0 radical (unpaired) electrons. The molecule has 9 nitrogen and oxygen atoms in total. The molecule has 23 heavy (non-hydrogen) atoms. The summed E-state index contributed by atoms with van der Waals surface area (Å²) in [5, 5.41) is 42.6. The van der Waals surface area contributed by atoms with Crippen LogP contribution in [0.1, 0.15) is 34.6 Å². The lowest BCUT2D eigenvalue weighted by atomic mass is 9.58. The summed E-state index contributed by atoms with van der Waals surface area (Å²) < 4.78 is 4.89. The highest BCUT2D eigenvalue weighted by Gasteiger charge is 2.83. The molecule has 0 aliphatic carbocycles. The zero-order valence-corrected chi connectivity index (χ0v) is 13.4. The first-order valence-electron chi connectivity index (χ1n) is 6.77. The molecule has 0 bridgehead atoms. The third kappa shape index (κ3) is 1.91. The van der Waals surface area contributed by atoms with Gasteiger partial charge in [-0.1, -0.05) is 0 Å². The summed E-state index contributed by atoms with van der Waals surface area (Å²) in [5.74, 6) is -8.68. The second-order valence-electron chi connectivity index (χ2n) is 5.82. The summed E-state index contributed by atoms with van der Waals surface area (Å²) in [4.78, 5) is 47.8. The van der Waals surface area contributed by atoms with Gasteiger partial charge in [-0.05, 0) is 27.7 Å². The molecule has 0 aromatic carbocycles. The SMILES string of the molecule is CC(=O)[C@@]1(O)[C@](O)(C(C)=O)[C@@](O)(C(C)=O)[C@@H](C)O[C@@]1(O)C(C)=O. The fourth-order valence-corrected chi connectivity index (χ4v) is 3.14. The normalized spacial score (nSPS) is 43.8. The maximum atomic E-state index is 12.1. The van der Waals surface area contributed by atoms with Crippen LogP contribution in [0.25, 0.3) is 0 Å². The van der Waals surface area contributed by atoms with Crippen LogP contribution in [0, 0.1) is 0 Å². The van der Waals surface area contributed by atoms with E-state index >= 15 is 0 Å². The summed E-state index contributed by atoms with van der Waals surface area (Å²) >= 11 is 0. The van der Waals surface area contributed by atoms with Crippen molar-refractivity contribution in [1.29, 1.82) is 0 Å².